The van der Waals surface area contributed by atoms with Gasteiger partial charge < -0.3 is 15.4 Å². The molecule has 6 nitrogen and oxygen atoms in total. The van der Waals surface area contributed by atoms with E-state index >= 15 is 0 Å². The Kier molecular flexibility index (Phi) is 6.10. The minimum Gasteiger partial charge on any atom is -0.495 e. The summed E-state index contributed by atoms with van der Waals surface area (Å²) >= 11 is 6.18. The molecule has 0 spiro atoms. The highest BCUT2D eigenvalue weighted by atomic mass is 35.5. The molecule has 1 aliphatic rings. The van der Waals surface area contributed by atoms with Crippen LogP contribution in [0.1, 0.15) is 32.1 Å². The molecule has 2 N–H and O–H groups in total. The summed E-state index contributed by atoms with van der Waals surface area (Å²) in [5, 5.41) is 7.48. The smallest absolute Gasteiger partial charge is 0.225 e. The lowest BCUT2D eigenvalue weighted by atomic mass is 9.96. The first kappa shape index (κ1) is 19.5. The molecule has 0 aliphatic heterocycles. The predicted octanol–water partition coefficient (Wildman–Crippen LogP) is 5.69. The van der Waals surface area contributed by atoms with Crippen LogP contribution in [0.25, 0.3) is 11.3 Å². The standard InChI is InChI=1S/C22H24ClN5O/c1-29-20-8-7-16(23)13-19(20)26-21-14-18(15-9-11-24-12-10-15)27-22(28-21)25-17-5-3-2-4-6-17/h7-14,17H,2-6H2,1H3,(H2,25,26,27,28). The Bertz CT molecular complexity index is 961. The third-order valence-corrected chi connectivity index (χ3v) is 5.30. The van der Waals surface area contributed by atoms with Crippen LogP contribution >= 0.6 is 11.6 Å². The number of hydrogen-bond donors (Lipinski definition) is 2. The molecule has 1 aliphatic carbocycles. The van der Waals surface area contributed by atoms with Crippen LogP contribution in [0.5, 0.6) is 5.75 Å². The molecule has 3 aromatic rings. The number of ether oxygens (including phenoxy) is 1. The molecule has 2 aromatic heterocycles. The van der Waals surface area contributed by atoms with E-state index in [0.717, 1.165) is 29.8 Å². The maximum absolute atomic E-state index is 6.18. The molecule has 0 amide bonds. The Morgan fingerprint density at radius 3 is 2.55 bits per heavy atom. The zero-order valence-electron chi connectivity index (χ0n) is 16.4. The number of methoxy groups -OCH3 is 1. The maximum Gasteiger partial charge on any atom is 0.225 e. The average molecular weight is 410 g/mol. The van der Waals surface area contributed by atoms with Gasteiger partial charge in [0.25, 0.3) is 0 Å². The van der Waals surface area contributed by atoms with E-state index in [2.05, 4.69) is 15.6 Å². The van der Waals surface area contributed by atoms with Crippen molar-refractivity contribution in [2.75, 3.05) is 17.7 Å². The van der Waals surface area contributed by atoms with E-state index in [1.54, 1.807) is 25.6 Å². The number of benzene rings is 1. The quantitative estimate of drug-likeness (QED) is 0.545. The van der Waals surface area contributed by atoms with Crippen molar-refractivity contribution in [3.63, 3.8) is 0 Å². The van der Waals surface area contributed by atoms with Crippen molar-refractivity contribution >= 4 is 29.1 Å². The van der Waals surface area contributed by atoms with Gasteiger partial charge in [-0.2, -0.15) is 4.98 Å². The normalized spacial score (nSPS) is 14.4. The highest BCUT2D eigenvalue weighted by Crippen LogP contribution is 2.31. The predicted molar refractivity (Wildman–Crippen MR) is 117 cm³/mol. The first-order chi connectivity index (χ1) is 14.2. The molecule has 0 atom stereocenters. The molecule has 0 radical (unpaired) electrons. The summed E-state index contributed by atoms with van der Waals surface area (Å²) in [7, 11) is 1.63. The van der Waals surface area contributed by atoms with Crippen LogP contribution in [0.15, 0.2) is 48.8 Å². The van der Waals surface area contributed by atoms with Crippen LogP contribution in [0.4, 0.5) is 17.5 Å². The first-order valence-corrected chi connectivity index (χ1v) is 10.3. The van der Waals surface area contributed by atoms with Crippen LogP contribution in [0.2, 0.25) is 5.02 Å². The summed E-state index contributed by atoms with van der Waals surface area (Å²) in [6.45, 7) is 0. The lowest BCUT2D eigenvalue weighted by molar-refractivity contribution is 0.417. The van der Waals surface area contributed by atoms with Gasteiger partial charge in [-0.3, -0.25) is 4.98 Å². The van der Waals surface area contributed by atoms with Crippen LogP contribution in [-0.2, 0) is 0 Å². The molecule has 1 aromatic carbocycles. The first-order valence-electron chi connectivity index (χ1n) is 9.88. The van der Waals surface area contributed by atoms with Gasteiger partial charge in [0.1, 0.15) is 11.6 Å². The molecule has 150 valence electrons. The minimum atomic E-state index is 0.407. The van der Waals surface area contributed by atoms with Gasteiger partial charge in [-0.25, -0.2) is 4.98 Å². The number of aromatic nitrogens is 3. The summed E-state index contributed by atoms with van der Waals surface area (Å²) < 4.78 is 5.45. The molecule has 0 saturated heterocycles. The fourth-order valence-corrected chi connectivity index (χ4v) is 3.76. The molecule has 29 heavy (non-hydrogen) atoms. The summed E-state index contributed by atoms with van der Waals surface area (Å²) in [6, 6.07) is 11.7. The zero-order valence-corrected chi connectivity index (χ0v) is 17.1. The minimum absolute atomic E-state index is 0.407. The van der Waals surface area contributed by atoms with Gasteiger partial charge in [0.05, 0.1) is 18.5 Å². The van der Waals surface area contributed by atoms with Crippen molar-refractivity contribution in [3.8, 4) is 17.0 Å². The van der Waals surface area contributed by atoms with Crippen molar-refractivity contribution < 1.29 is 4.74 Å². The van der Waals surface area contributed by atoms with Gasteiger partial charge in [-0.1, -0.05) is 30.9 Å². The Morgan fingerprint density at radius 2 is 1.79 bits per heavy atom. The second-order valence-corrected chi connectivity index (χ2v) is 7.58. The Labute approximate surface area is 175 Å². The number of hydrogen-bond acceptors (Lipinski definition) is 6. The Balaban J connectivity index is 1.68. The molecule has 0 unspecified atom stereocenters. The van der Waals surface area contributed by atoms with Crippen LogP contribution in [-0.4, -0.2) is 28.1 Å². The van der Waals surface area contributed by atoms with Crippen molar-refractivity contribution in [1.82, 2.24) is 15.0 Å². The van der Waals surface area contributed by atoms with Gasteiger partial charge in [-0.15, -0.1) is 0 Å². The fraction of sp³-hybridized carbons (Fsp3) is 0.318. The number of anilines is 3. The molecule has 1 saturated carbocycles. The van der Waals surface area contributed by atoms with E-state index in [0.29, 0.717) is 28.6 Å². The van der Waals surface area contributed by atoms with Crippen LogP contribution in [0, 0.1) is 0 Å². The van der Waals surface area contributed by atoms with Gasteiger partial charge in [0, 0.05) is 35.1 Å². The van der Waals surface area contributed by atoms with Crippen LogP contribution in [0.3, 0.4) is 0 Å². The molecule has 7 heteroatoms. The summed E-state index contributed by atoms with van der Waals surface area (Å²) in [5.74, 6) is 1.99. The highest BCUT2D eigenvalue weighted by molar-refractivity contribution is 6.31. The zero-order chi connectivity index (χ0) is 20.1. The molecular weight excluding hydrogens is 386 g/mol. The third-order valence-electron chi connectivity index (χ3n) is 5.06. The van der Waals surface area contributed by atoms with E-state index in [1.807, 2.05) is 30.3 Å². The Morgan fingerprint density at radius 1 is 1.00 bits per heavy atom. The third kappa shape index (κ3) is 4.95. The lowest BCUT2D eigenvalue weighted by Crippen LogP contribution is -2.23. The number of nitrogens with one attached hydrogen (secondary N) is 2. The SMILES string of the molecule is COc1ccc(Cl)cc1Nc1cc(-c2ccncc2)nc(NC2CCCCC2)n1. The summed E-state index contributed by atoms with van der Waals surface area (Å²) in [6.07, 6.45) is 9.61. The molecule has 0 bridgehead atoms. The average Bonchev–Trinajstić information content (AvgIpc) is 2.75. The van der Waals surface area contributed by atoms with Gasteiger partial charge in [0.15, 0.2) is 0 Å². The molecule has 4 rings (SSSR count). The molecule has 2 heterocycles. The van der Waals surface area contributed by atoms with Crippen molar-refractivity contribution in [1.29, 1.82) is 0 Å². The second-order valence-electron chi connectivity index (χ2n) is 7.15. The fourth-order valence-electron chi connectivity index (χ4n) is 3.59. The summed E-state index contributed by atoms with van der Waals surface area (Å²) in [4.78, 5) is 13.6. The monoisotopic (exact) mass is 409 g/mol. The number of nitrogens with zero attached hydrogens (tertiary/aromatic N) is 3. The lowest BCUT2D eigenvalue weighted by Gasteiger charge is -2.23. The van der Waals surface area contributed by atoms with Gasteiger partial charge >= 0.3 is 0 Å². The van der Waals surface area contributed by atoms with Crippen molar-refractivity contribution in [3.05, 3.63) is 53.8 Å². The van der Waals surface area contributed by atoms with Crippen molar-refractivity contribution in [2.45, 2.75) is 38.1 Å². The Hall–Kier alpha value is -2.86. The van der Waals surface area contributed by atoms with E-state index in [9.17, 15) is 0 Å². The number of pyridine rings is 1. The van der Waals surface area contributed by atoms with E-state index in [4.69, 9.17) is 26.3 Å². The van der Waals surface area contributed by atoms with Crippen LogP contribution < -0.4 is 15.4 Å². The highest BCUT2D eigenvalue weighted by Gasteiger charge is 2.16. The van der Waals surface area contributed by atoms with E-state index in [1.165, 1.54) is 19.3 Å². The second kappa shape index (κ2) is 9.09. The van der Waals surface area contributed by atoms with E-state index < -0.39 is 0 Å². The van der Waals surface area contributed by atoms with E-state index in [-0.39, 0.29) is 0 Å². The van der Waals surface area contributed by atoms with Crippen molar-refractivity contribution in [2.24, 2.45) is 0 Å². The summed E-state index contributed by atoms with van der Waals surface area (Å²) in [5.41, 5.74) is 2.56. The van der Waals surface area contributed by atoms with Gasteiger partial charge in [-0.05, 0) is 43.2 Å². The largest absolute Gasteiger partial charge is 0.495 e. The topological polar surface area (TPSA) is 72.0 Å². The number of halogens is 1. The van der Waals surface area contributed by atoms with Gasteiger partial charge in [0.2, 0.25) is 5.95 Å². The number of rotatable bonds is 6. The molecule has 1 fully saturated rings. The molecular formula is C22H24ClN5O. The maximum atomic E-state index is 6.18.